The SMILES string of the molecule is O=S(=O)(Oc1cc(Br)cn2nccc12)C(F)(F)F. The maximum Gasteiger partial charge on any atom is 0.534 e. The van der Waals surface area contributed by atoms with E-state index in [1.807, 2.05) is 0 Å². The minimum absolute atomic E-state index is 0.103. The topological polar surface area (TPSA) is 60.7 Å². The van der Waals surface area contributed by atoms with Crippen molar-refractivity contribution >= 4 is 31.6 Å². The van der Waals surface area contributed by atoms with Crippen molar-refractivity contribution in [3.63, 3.8) is 0 Å². The first kappa shape index (κ1) is 13.1. The van der Waals surface area contributed by atoms with Crippen LogP contribution in [0.5, 0.6) is 5.75 Å². The first-order valence-corrected chi connectivity index (χ1v) is 6.54. The van der Waals surface area contributed by atoms with E-state index in [2.05, 4.69) is 25.2 Å². The Balaban J connectivity index is 2.53. The Morgan fingerprint density at radius 2 is 2.06 bits per heavy atom. The minimum atomic E-state index is -5.70. The summed E-state index contributed by atoms with van der Waals surface area (Å²) in [6.45, 7) is 0. The molecule has 0 spiro atoms. The molecule has 0 unspecified atom stereocenters. The molecule has 2 aromatic rings. The Morgan fingerprint density at radius 1 is 1.39 bits per heavy atom. The Bertz CT molecular complexity index is 695. The lowest BCUT2D eigenvalue weighted by molar-refractivity contribution is -0.0499. The molecule has 0 bridgehead atoms. The molecule has 18 heavy (non-hydrogen) atoms. The molecule has 0 atom stereocenters. The Labute approximate surface area is 107 Å². The number of halogens is 4. The predicted molar refractivity (Wildman–Crippen MR) is 58.5 cm³/mol. The van der Waals surface area contributed by atoms with Crippen molar-refractivity contribution in [3.8, 4) is 5.75 Å². The van der Waals surface area contributed by atoms with Crippen LogP contribution in [0.3, 0.4) is 0 Å². The highest BCUT2D eigenvalue weighted by atomic mass is 79.9. The third-order valence-corrected chi connectivity index (χ3v) is 3.32. The summed E-state index contributed by atoms with van der Waals surface area (Å²) < 4.78 is 64.0. The summed E-state index contributed by atoms with van der Waals surface area (Å²) in [5.74, 6) is -0.459. The van der Waals surface area contributed by atoms with Crippen molar-refractivity contribution in [2.24, 2.45) is 0 Å². The maximum atomic E-state index is 12.2. The standard InChI is InChI=1S/C8H4BrF3N2O3S/c9-5-3-7(6-1-2-13-14(6)4-5)17-18(15,16)8(10,11)12/h1-4H. The lowest BCUT2D eigenvalue weighted by Crippen LogP contribution is -2.28. The highest BCUT2D eigenvalue weighted by Gasteiger charge is 2.48. The van der Waals surface area contributed by atoms with Crippen LogP contribution in [-0.4, -0.2) is 23.5 Å². The Hall–Kier alpha value is -1.29. The van der Waals surface area contributed by atoms with Crippen LogP contribution < -0.4 is 4.18 Å². The lowest BCUT2D eigenvalue weighted by atomic mass is 10.4. The van der Waals surface area contributed by atoms with Crippen molar-refractivity contribution in [3.05, 3.63) is 29.0 Å². The van der Waals surface area contributed by atoms with Crippen LogP contribution in [-0.2, 0) is 10.1 Å². The average Bonchev–Trinajstić information content (AvgIpc) is 2.62. The molecular formula is C8H4BrF3N2O3S. The van der Waals surface area contributed by atoms with E-state index in [1.165, 1.54) is 23.0 Å². The highest BCUT2D eigenvalue weighted by molar-refractivity contribution is 9.10. The molecule has 0 aromatic carbocycles. The molecule has 5 nitrogen and oxygen atoms in total. The second-order valence-electron chi connectivity index (χ2n) is 3.17. The maximum absolute atomic E-state index is 12.2. The van der Waals surface area contributed by atoms with Gasteiger partial charge in [0.2, 0.25) is 0 Å². The van der Waals surface area contributed by atoms with Gasteiger partial charge in [-0.15, -0.1) is 0 Å². The average molecular weight is 345 g/mol. The third-order valence-electron chi connectivity index (χ3n) is 1.92. The summed E-state index contributed by atoms with van der Waals surface area (Å²) in [4.78, 5) is 0. The van der Waals surface area contributed by atoms with Gasteiger partial charge >= 0.3 is 15.6 Å². The zero-order valence-electron chi connectivity index (χ0n) is 8.35. The van der Waals surface area contributed by atoms with Crippen molar-refractivity contribution in [2.45, 2.75) is 5.51 Å². The van der Waals surface area contributed by atoms with Crippen LogP contribution in [0.1, 0.15) is 0 Å². The van der Waals surface area contributed by atoms with Gasteiger partial charge in [0.1, 0.15) is 5.52 Å². The summed E-state index contributed by atoms with van der Waals surface area (Å²) in [6, 6.07) is 2.44. The summed E-state index contributed by atoms with van der Waals surface area (Å²) in [5.41, 5.74) is -5.38. The Kier molecular flexibility index (Phi) is 3.01. The molecule has 0 N–H and O–H groups in total. The highest BCUT2D eigenvalue weighted by Crippen LogP contribution is 2.31. The molecule has 0 fully saturated rings. The van der Waals surface area contributed by atoms with Crippen molar-refractivity contribution in [2.75, 3.05) is 0 Å². The zero-order chi connectivity index (χ0) is 13.6. The third kappa shape index (κ3) is 2.29. The van der Waals surface area contributed by atoms with Gasteiger partial charge < -0.3 is 4.18 Å². The lowest BCUT2D eigenvalue weighted by Gasteiger charge is -2.10. The summed E-state index contributed by atoms with van der Waals surface area (Å²) in [6.07, 6.45) is 2.75. The largest absolute Gasteiger partial charge is 0.534 e. The quantitative estimate of drug-likeness (QED) is 0.619. The van der Waals surface area contributed by atoms with Crippen LogP contribution in [0.25, 0.3) is 5.52 Å². The number of alkyl halides is 3. The van der Waals surface area contributed by atoms with Gasteiger partial charge in [0, 0.05) is 10.7 Å². The molecule has 10 heteroatoms. The van der Waals surface area contributed by atoms with E-state index in [9.17, 15) is 21.6 Å². The van der Waals surface area contributed by atoms with Gasteiger partial charge in [-0.1, -0.05) is 0 Å². The van der Waals surface area contributed by atoms with Crippen LogP contribution in [0.2, 0.25) is 0 Å². The molecule has 0 saturated heterocycles. The smallest absolute Gasteiger partial charge is 0.374 e. The molecule has 2 rings (SSSR count). The fourth-order valence-corrected chi connectivity index (χ4v) is 2.06. The van der Waals surface area contributed by atoms with Crippen LogP contribution in [0, 0.1) is 0 Å². The van der Waals surface area contributed by atoms with E-state index < -0.39 is 21.4 Å². The molecule has 0 aliphatic rings. The van der Waals surface area contributed by atoms with E-state index in [-0.39, 0.29) is 5.52 Å². The molecule has 0 amide bonds. The van der Waals surface area contributed by atoms with E-state index >= 15 is 0 Å². The summed E-state index contributed by atoms with van der Waals surface area (Å²) in [5, 5.41) is 3.76. The number of nitrogens with zero attached hydrogens (tertiary/aromatic N) is 2. The van der Waals surface area contributed by atoms with E-state index in [4.69, 9.17) is 0 Å². The number of aromatic nitrogens is 2. The van der Waals surface area contributed by atoms with E-state index in [0.29, 0.717) is 4.47 Å². The van der Waals surface area contributed by atoms with Gasteiger partial charge in [0.25, 0.3) is 0 Å². The van der Waals surface area contributed by atoms with Crippen LogP contribution in [0.15, 0.2) is 29.0 Å². The van der Waals surface area contributed by atoms with Gasteiger partial charge in [-0.05, 0) is 28.1 Å². The van der Waals surface area contributed by atoms with Gasteiger partial charge in [0.15, 0.2) is 5.75 Å². The van der Waals surface area contributed by atoms with E-state index in [0.717, 1.165) is 6.07 Å². The van der Waals surface area contributed by atoms with Crippen molar-refractivity contribution in [1.29, 1.82) is 0 Å². The van der Waals surface area contributed by atoms with Crippen molar-refractivity contribution < 1.29 is 25.8 Å². The normalized spacial score (nSPS) is 12.9. The molecule has 0 aliphatic carbocycles. The number of pyridine rings is 1. The van der Waals surface area contributed by atoms with Gasteiger partial charge in [0.05, 0.1) is 6.20 Å². The first-order valence-electron chi connectivity index (χ1n) is 4.34. The molecule has 98 valence electrons. The second kappa shape index (κ2) is 4.12. The number of rotatable bonds is 2. The molecule has 2 heterocycles. The summed E-state index contributed by atoms with van der Waals surface area (Å²) >= 11 is 3.01. The van der Waals surface area contributed by atoms with Gasteiger partial charge in [-0.25, -0.2) is 4.52 Å². The molecule has 2 aromatic heterocycles. The van der Waals surface area contributed by atoms with E-state index in [1.54, 1.807) is 0 Å². The fourth-order valence-electron chi connectivity index (χ4n) is 1.20. The number of hydrogen-bond donors (Lipinski definition) is 0. The molecule has 0 radical (unpaired) electrons. The molecule has 0 aliphatic heterocycles. The van der Waals surface area contributed by atoms with Crippen LogP contribution in [0.4, 0.5) is 13.2 Å². The summed E-state index contributed by atoms with van der Waals surface area (Å²) in [7, 11) is -5.70. The number of fused-ring (bicyclic) bond motifs is 1. The fraction of sp³-hybridized carbons (Fsp3) is 0.125. The van der Waals surface area contributed by atoms with Crippen LogP contribution >= 0.6 is 15.9 Å². The Morgan fingerprint density at radius 3 is 2.67 bits per heavy atom. The second-order valence-corrected chi connectivity index (χ2v) is 5.62. The predicted octanol–water partition coefficient (Wildman–Crippen LogP) is 2.33. The molecule has 0 saturated carbocycles. The van der Waals surface area contributed by atoms with Gasteiger partial charge in [-0.3, -0.25) is 0 Å². The minimum Gasteiger partial charge on any atom is -0.374 e. The first-order chi connectivity index (χ1) is 8.21. The monoisotopic (exact) mass is 344 g/mol. The molecular weight excluding hydrogens is 341 g/mol. The number of hydrogen-bond acceptors (Lipinski definition) is 4. The van der Waals surface area contributed by atoms with Crippen molar-refractivity contribution in [1.82, 2.24) is 9.61 Å². The van der Waals surface area contributed by atoms with Gasteiger partial charge in [-0.2, -0.15) is 26.7 Å². The zero-order valence-corrected chi connectivity index (χ0v) is 10.8.